The molecule has 2 aliphatic rings. The molecule has 9 heteroatoms. The molecule has 0 aliphatic carbocycles. The number of nitrogens with one attached hydrogen (secondary N) is 2. The molecule has 0 bridgehead atoms. The molecule has 19 heavy (non-hydrogen) atoms. The topological polar surface area (TPSA) is 76.1 Å². The molecule has 0 aromatic rings. The van der Waals surface area contributed by atoms with Crippen LogP contribution in [-0.2, 0) is 44.7 Å². The summed E-state index contributed by atoms with van der Waals surface area (Å²) in [5.74, 6) is 0. The van der Waals surface area contributed by atoms with E-state index < -0.39 is 0 Å². The summed E-state index contributed by atoms with van der Waals surface area (Å²) < 4.78 is 0.167. The van der Waals surface area contributed by atoms with Gasteiger partial charge in [-0.2, -0.15) is 0 Å². The zero-order chi connectivity index (χ0) is 14.2. The van der Waals surface area contributed by atoms with Crippen molar-refractivity contribution in [3.63, 3.8) is 0 Å². The average molecular weight is 392 g/mol. The first-order valence-electron chi connectivity index (χ1n) is 5.81. The Bertz CT molecular complexity index is 166. The second-order valence-corrected chi connectivity index (χ2v) is 5.83. The zero-order valence-corrected chi connectivity index (χ0v) is 17.4. The van der Waals surface area contributed by atoms with Gasteiger partial charge in [0.25, 0.3) is 0 Å². The van der Waals surface area contributed by atoms with E-state index in [2.05, 4.69) is 71.8 Å². The summed E-state index contributed by atoms with van der Waals surface area (Å²) in [7, 11) is 0. The molecule has 0 spiro atoms. The maximum absolute atomic E-state index is 4.66. The van der Waals surface area contributed by atoms with Crippen LogP contribution < -0.4 is 22.1 Å². The van der Waals surface area contributed by atoms with Gasteiger partial charge in [-0.15, -0.1) is 0 Å². The Balaban J connectivity index is -0.000000178. The third-order valence-electron chi connectivity index (χ3n) is 1.91. The van der Waals surface area contributed by atoms with Gasteiger partial charge in [-0.25, -0.2) is 0 Å². The van der Waals surface area contributed by atoms with Crippen LogP contribution in [0.25, 0.3) is 0 Å². The molecule has 0 aromatic heterocycles. The van der Waals surface area contributed by atoms with Gasteiger partial charge in [-0.05, 0) is 51.9 Å². The van der Waals surface area contributed by atoms with Crippen molar-refractivity contribution >= 4 is 58.3 Å². The maximum Gasteiger partial charge on any atom is 2.00 e. The van der Waals surface area contributed by atoms with Gasteiger partial charge in [0.1, 0.15) is 0 Å². The predicted molar refractivity (Wildman–Crippen MR) is 92.5 cm³/mol. The van der Waals surface area contributed by atoms with Crippen LogP contribution in [0.15, 0.2) is 0 Å². The molecule has 2 aliphatic heterocycles. The van der Waals surface area contributed by atoms with Gasteiger partial charge >= 0.3 is 19.5 Å². The standard InChI is InChI=1S/2C4H9N.2CH3NS2.Zn/c2*1-2-4-5-3-1;2*2-1(3)4;/h2*5H,1-4H2;2*(H3,2,3,4);/q;;;;+2/p-2. The molecule has 0 radical (unpaired) electrons. The van der Waals surface area contributed by atoms with Gasteiger partial charge in [0.2, 0.25) is 0 Å². The van der Waals surface area contributed by atoms with Crippen LogP contribution in [0, 0.1) is 0 Å². The maximum atomic E-state index is 4.66. The van der Waals surface area contributed by atoms with E-state index in [1.54, 1.807) is 0 Å². The molecular formula is C10H22N4S4Zn. The van der Waals surface area contributed by atoms with Crippen molar-refractivity contribution in [1.29, 1.82) is 0 Å². The summed E-state index contributed by atoms with van der Waals surface area (Å²) in [4.78, 5) is 0. The molecule has 108 valence electrons. The van der Waals surface area contributed by atoms with Crippen LogP contribution in [0.1, 0.15) is 25.7 Å². The molecule has 0 aromatic carbocycles. The molecule has 6 N–H and O–H groups in total. The van der Waals surface area contributed by atoms with E-state index in [1.807, 2.05) is 0 Å². The van der Waals surface area contributed by atoms with Crippen molar-refractivity contribution in [2.45, 2.75) is 25.7 Å². The minimum absolute atomic E-state index is 0. The van der Waals surface area contributed by atoms with Crippen LogP contribution in [0.4, 0.5) is 0 Å². The zero-order valence-electron chi connectivity index (χ0n) is 11.2. The van der Waals surface area contributed by atoms with Crippen molar-refractivity contribution in [2.24, 2.45) is 11.5 Å². The average Bonchev–Trinajstić information content (AvgIpc) is 2.96. The molecule has 2 saturated heterocycles. The van der Waals surface area contributed by atoms with Gasteiger partial charge in [-0.3, -0.25) is 0 Å². The third-order valence-corrected chi connectivity index (χ3v) is 1.91. The molecule has 0 unspecified atom stereocenters. The van der Waals surface area contributed by atoms with Crippen molar-refractivity contribution in [2.75, 3.05) is 26.2 Å². The van der Waals surface area contributed by atoms with E-state index in [0.717, 1.165) is 0 Å². The van der Waals surface area contributed by atoms with Crippen molar-refractivity contribution in [3.8, 4) is 0 Å². The fourth-order valence-corrected chi connectivity index (χ4v) is 1.25. The van der Waals surface area contributed by atoms with E-state index in [1.165, 1.54) is 51.9 Å². The second kappa shape index (κ2) is 21.1. The van der Waals surface area contributed by atoms with E-state index in [9.17, 15) is 0 Å². The Morgan fingerprint density at radius 2 is 0.895 bits per heavy atom. The summed E-state index contributed by atoms with van der Waals surface area (Å²) in [6.07, 6.45) is 5.56. The molecule has 4 nitrogen and oxygen atoms in total. The number of rotatable bonds is 0. The van der Waals surface area contributed by atoms with Crippen LogP contribution in [0.2, 0.25) is 0 Å². The molecule has 2 fully saturated rings. The van der Waals surface area contributed by atoms with Crippen LogP contribution in [-0.4, -0.2) is 34.8 Å². The minimum Gasteiger partial charge on any atom is -0.415 e. The second-order valence-electron chi connectivity index (χ2n) is 3.55. The first-order chi connectivity index (χ1) is 8.46. The fourth-order valence-electron chi connectivity index (χ4n) is 1.25. The van der Waals surface area contributed by atoms with Crippen LogP contribution >= 0.6 is 24.4 Å². The van der Waals surface area contributed by atoms with Crippen LogP contribution in [0.3, 0.4) is 0 Å². The number of thiocarbonyl (C=S) groups is 2. The SMILES string of the molecule is C1CCNC1.C1CCNC1.NC(=S)[S-].NC(=S)[S-].[Zn+2]. The molecule has 0 amide bonds. The molecule has 2 rings (SSSR count). The Morgan fingerprint density at radius 1 is 0.737 bits per heavy atom. The summed E-state index contributed by atoms with van der Waals surface area (Å²) >= 11 is 16.5. The Hall–Kier alpha value is 0.763. The number of hydrogen-bond donors (Lipinski definition) is 4. The molecule has 0 saturated carbocycles. The Kier molecular flexibility index (Phi) is 27.5. The van der Waals surface area contributed by atoms with Crippen molar-refractivity contribution in [1.82, 2.24) is 10.6 Å². The smallest absolute Gasteiger partial charge is 0.415 e. The first kappa shape index (κ1) is 24.8. The van der Waals surface area contributed by atoms with Gasteiger partial charge in [0, 0.05) is 0 Å². The van der Waals surface area contributed by atoms with Gasteiger partial charge in [0.05, 0.1) is 0 Å². The fraction of sp³-hybridized carbons (Fsp3) is 0.800. The Morgan fingerprint density at radius 3 is 0.947 bits per heavy atom. The minimum atomic E-state index is 0. The Labute approximate surface area is 151 Å². The van der Waals surface area contributed by atoms with Gasteiger partial charge in [0.15, 0.2) is 0 Å². The normalized spacial score (nSPS) is 15.2. The molecule has 0 atom stereocenters. The predicted octanol–water partition coefficient (Wildman–Crippen LogP) is 0.291. The quantitative estimate of drug-likeness (QED) is 0.267. The molecule has 2 heterocycles. The monoisotopic (exact) mass is 390 g/mol. The van der Waals surface area contributed by atoms with E-state index in [0.29, 0.717) is 0 Å². The molecular weight excluding hydrogens is 370 g/mol. The van der Waals surface area contributed by atoms with Crippen molar-refractivity contribution in [3.05, 3.63) is 0 Å². The number of nitrogens with two attached hydrogens (primary N) is 2. The summed E-state index contributed by atoms with van der Waals surface area (Å²) in [6, 6.07) is 0. The number of hydrogen-bond acceptors (Lipinski definition) is 6. The summed E-state index contributed by atoms with van der Waals surface area (Å²) in [5, 5.41) is 6.44. The first-order valence-corrected chi connectivity index (χ1v) is 7.44. The van der Waals surface area contributed by atoms with E-state index in [4.69, 9.17) is 0 Å². The summed E-state index contributed by atoms with van der Waals surface area (Å²) in [5.41, 5.74) is 9.31. The largest absolute Gasteiger partial charge is 2.00 e. The summed E-state index contributed by atoms with van der Waals surface area (Å²) in [6.45, 7) is 5.00. The van der Waals surface area contributed by atoms with Gasteiger partial charge < -0.3 is 71.8 Å². The van der Waals surface area contributed by atoms with Crippen LogP contribution in [0.5, 0.6) is 0 Å². The third kappa shape index (κ3) is 45.5. The van der Waals surface area contributed by atoms with Crippen molar-refractivity contribution < 1.29 is 19.5 Å². The van der Waals surface area contributed by atoms with Gasteiger partial charge in [-0.1, -0.05) is 8.64 Å². The van der Waals surface area contributed by atoms with E-state index in [-0.39, 0.29) is 28.1 Å². The van der Waals surface area contributed by atoms with E-state index >= 15 is 0 Å².